The first kappa shape index (κ1) is 31.7. The molecule has 7 rings (SSSR count). The lowest BCUT2D eigenvalue weighted by Crippen LogP contribution is -2.46. The maximum absolute atomic E-state index is 14.4. The van der Waals surface area contributed by atoms with Crippen molar-refractivity contribution in [2.75, 3.05) is 17.9 Å². The summed E-state index contributed by atoms with van der Waals surface area (Å²) >= 11 is 0. The van der Waals surface area contributed by atoms with Gasteiger partial charge < -0.3 is 18.8 Å². The average Bonchev–Trinajstić information content (AvgIpc) is 3.81. The van der Waals surface area contributed by atoms with Crippen LogP contribution in [0.2, 0.25) is 0 Å². The van der Waals surface area contributed by atoms with E-state index in [-0.39, 0.29) is 48.1 Å². The number of amides is 1. The van der Waals surface area contributed by atoms with E-state index in [1.807, 2.05) is 52.0 Å². The third-order valence-corrected chi connectivity index (χ3v) is 9.75. The molecular weight excluding hydrogens is 632 g/mol. The summed E-state index contributed by atoms with van der Waals surface area (Å²) in [5, 5.41) is 0. The summed E-state index contributed by atoms with van der Waals surface area (Å²) in [6.07, 6.45) is 3.62. The van der Waals surface area contributed by atoms with Gasteiger partial charge in [-0.05, 0) is 69.9 Å². The normalized spacial score (nSPS) is 17.7. The molecule has 2 aliphatic rings. The van der Waals surface area contributed by atoms with Crippen molar-refractivity contribution in [3.05, 3.63) is 88.9 Å². The number of carbonyl (C=O) groups excluding carboxylic acids is 1. The highest BCUT2D eigenvalue weighted by Gasteiger charge is 2.31. The van der Waals surface area contributed by atoms with Crippen LogP contribution in [0.1, 0.15) is 65.5 Å². The number of hydrogen-bond acceptors (Lipinski definition) is 10. The van der Waals surface area contributed by atoms with Gasteiger partial charge in [-0.3, -0.25) is 4.79 Å². The van der Waals surface area contributed by atoms with Crippen LogP contribution in [0.25, 0.3) is 22.5 Å². The first-order valence-corrected chi connectivity index (χ1v) is 17.4. The van der Waals surface area contributed by atoms with Crippen LogP contribution in [0.15, 0.2) is 70.1 Å². The van der Waals surface area contributed by atoms with Gasteiger partial charge in [0.1, 0.15) is 17.9 Å². The number of sulfonamides is 1. The van der Waals surface area contributed by atoms with Crippen LogP contribution in [-0.2, 0) is 21.3 Å². The van der Waals surface area contributed by atoms with Gasteiger partial charge in [0, 0.05) is 29.2 Å². The van der Waals surface area contributed by atoms with Crippen LogP contribution in [0.5, 0.6) is 5.88 Å². The second-order valence-electron chi connectivity index (χ2n) is 12.6. The molecule has 1 aliphatic carbocycles. The number of ether oxygens (including phenoxy) is 2. The Morgan fingerprint density at radius 3 is 2.54 bits per heavy atom. The summed E-state index contributed by atoms with van der Waals surface area (Å²) in [5.74, 6) is 0.834. The first-order valence-electron chi connectivity index (χ1n) is 15.9. The van der Waals surface area contributed by atoms with Crippen molar-refractivity contribution in [3.63, 3.8) is 0 Å². The Morgan fingerprint density at radius 2 is 1.79 bits per heavy atom. The third-order valence-electron chi connectivity index (χ3n) is 8.42. The Morgan fingerprint density at radius 1 is 1.02 bits per heavy atom. The molecule has 48 heavy (non-hydrogen) atoms. The van der Waals surface area contributed by atoms with E-state index in [1.54, 1.807) is 23.2 Å². The summed E-state index contributed by atoms with van der Waals surface area (Å²) in [5.41, 5.74) is 5.02. The maximum Gasteiger partial charge on any atom is 0.264 e. The van der Waals surface area contributed by atoms with Crippen LogP contribution in [0, 0.1) is 13.8 Å². The van der Waals surface area contributed by atoms with Gasteiger partial charge in [0.15, 0.2) is 0 Å². The predicted octanol–water partition coefficient (Wildman–Crippen LogP) is 5.80. The second kappa shape index (κ2) is 12.6. The molecule has 4 heterocycles. The molecule has 0 spiro atoms. The number of rotatable bonds is 7. The SMILES string of the molecule is Cc1cccc(C)c1-c1cc2nc(n1)NS(=O)(=O)c1cccc(c1)C(=O)N(Cc1cnc3oc(C4CC4)cc3n1)[C@H](COC(C)C)CO2. The quantitative estimate of drug-likeness (QED) is 0.225. The minimum absolute atomic E-state index is 0.0131. The van der Waals surface area contributed by atoms with E-state index in [9.17, 15) is 13.2 Å². The fourth-order valence-electron chi connectivity index (χ4n) is 5.81. The van der Waals surface area contributed by atoms with Gasteiger partial charge in [-0.1, -0.05) is 24.3 Å². The molecule has 12 nitrogen and oxygen atoms in total. The van der Waals surface area contributed by atoms with Crippen molar-refractivity contribution in [2.45, 2.75) is 70.0 Å². The highest BCUT2D eigenvalue weighted by Crippen LogP contribution is 2.41. The lowest BCUT2D eigenvalue weighted by Gasteiger charge is -2.32. The Balaban J connectivity index is 1.33. The van der Waals surface area contributed by atoms with E-state index in [0.717, 1.165) is 35.3 Å². The number of furan rings is 1. The number of aromatic nitrogens is 4. The number of nitrogens with one attached hydrogen (secondary N) is 1. The highest BCUT2D eigenvalue weighted by molar-refractivity contribution is 7.92. The van der Waals surface area contributed by atoms with Crippen LogP contribution >= 0.6 is 0 Å². The molecule has 5 aromatic rings. The molecule has 1 saturated carbocycles. The van der Waals surface area contributed by atoms with Gasteiger partial charge in [0.05, 0.1) is 47.8 Å². The van der Waals surface area contributed by atoms with Crippen molar-refractivity contribution in [2.24, 2.45) is 0 Å². The van der Waals surface area contributed by atoms with Crippen molar-refractivity contribution in [3.8, 4) is 17.1 Å². The zero-order chi connectivity index (χ0) is 33.6. The fourth-order valence-corrected chi connectivity index (χ4v) is 6.80. The van der Waals surface area contributed by atoms with E-state index >= 15 is 0 Å². The largest absolute Gasteiger partial charge is 0.475 e. The summed E-state index contributed by atoms with van der Waals surface area (Å²) in [6, 6.07) is 14.7. The molecule has 3 aromatic heterocycles. The van der Waals surface area contributed by atoms with Gasteiger partial charge >= 0.3 is 0 Å². The lowest BCUT2D eigenvalue weighted by molar-refractivity contribution is 0.00631. The standard InChI is InChI=1S/C35H36N6O6S/c1-20(2)45-18-26-19-46-31-15-28(32-21(3)7-5-8-22(32)4)38-35(39-31)40-48(43,44)27-10-6-9-24(13-27)34(42)41(26)17-25-16-36-33-29(37-25)14-30(47-33)23-11-12-23/h5-10,13-16,20,23,26H,11-12,17-19H2,1-4H3,(H,38,39,40)/t26-/m1/s1. The molecule has 1 aliphatic heterocycles. The lowest BCUT2D eigenvalue weighted by atomic mass is 10.00. The van der Waals surface area contributed by atoms with E-state index in [0.29, 0.717) is 28.5 Å². The van der Waals surface area contributed by atoms with E-state index in [4.69, 9.17) is 18.9 Å². The van der Waals surface area contributed by atoms with Gasteiger partial charge in [0.2, 0.25) is 17.5 Å². The molecule has 2 aromatic carbocycles. The summed E-state index contributed by atoms with van der Waals surface area (Å²) in [7, 11) is -4.20. The van der Waals surface area contributed by atoms with E-state index < -0.39 is 22.0 Å². The van der Waals surface area contributed by atoms with Crippen LogP contribution in [0.3, 0.4) is 0 Å². The highest BCUT2D eigenvalue weighted by atomic mass is 32.2. The molecular formula is C35H36N6O6S. The minimum atomic E-state index is -4.20. The molecule has 0 saturated heterocycles. The molecule has 4 bridgehead atoms. The van der Waals surface area contributed by atoms with Crippen molar-refractivity contribution in [1.29, 1.82) is 0 Å². The zero-order valence-corrected chi connectivity index (χ0v) is 28.0. The van der Waals surface area contributed by atoms with E-state index in [1.165, 1.54) is 18.2 Å². The molecule has 1 atom stereocenters. The molecule has 13 heteroatoms. The summed E-state index contributed by atoms with van der Waals surface area (Å²) in [4.78, 5) is 34.1. The first-order chi connectivity index (χ1) is 23.0. The topological polar surface area (TPSA) is 150 Å². The fraction of sp³-hybridized carbons (Fsp3) is 0.343. The number of carbonyl (C=O) groups is 1. The number of fused-ring (bicyclic) bond motifs is 5. The minimum Gasteiger partial charge on any atom is -0.475 e. The second-order valence-corrected chi connectivity index (χ2v) is 14.3. The molecule has 1 N–H and O–H groups in total. The van der Waals surface area contributed by atoms with Crippen molar-refractivity contribution in [1.82, 2.24) is 24.8 Å². The van der Waals surface area contributed by atoms with Crippen LogP contribution in [0.4, 0.5) is 5.95 Å². The summed E-state index contributed by atoms with van der Waals surface area (Å²) < 4.78 is 48.0. The molecule has 0 radical (unpaired) electrons. The molecule has 0 unspecified atom stereocenters. The average molecular weight is 669 g/mol. The zero-order valence-electron chi connectivity index (χ0n) is 27.1. The number of anilines is 1. The van der Waals surface area contributed by atoms with Gasteiger partial charge in [-0.15, -0.1) is 0 Å². The molecule has 248 valence electrons. The monoisotopic (exact) mass is 668 g/mol. The van der Waals surface area contributed by atoms with Gasteiger partial charge in [-0.2, -0.15) is 4.98 Å². The Kier molecular flexibility index (Phi) is 8.34. The number of aryl methyl sites for hydroxylation is 2. The van der Waals surface area contributed by atoms with Crippen molar-refractivity contribution >= 4 is 33.1 Å². The van der Waals surface area contributed by atoms with Crippen LogP contribution in [-0.4, -0.2) is 64.5 Å². The Labute approximate surface area is 278 Å². The number of benzene rings is 2. The smallest absolute Gasteiger partial charge is 0.264 e. The number of nitrogens with zero attached hydrogens (tertiary/aromatic N) is 5. The Hall–Kier alpha value is -4.88. The predicted molar refractivity (Wildman–Crippen MR) is 178 cm³/mol. The van der Waals surface area contributed by atoms with E-state index in [2.05, 4.69) is 19.7 Å². The van der Waals surface area contributed by atoms with Crippen molar-refractivity contribution < 1.29 is 27.1 Å². The van der Waals surface area contributed by atoms with Gasteiger partial charge in [-0.25, -0.2) is 28.1 Å². The number of hydrogen-bond donors (Lipinski definition) is 1. The summed E-state index contributed by atoms with van der Waals surface area (Å²) in [6.45, 7) is 7.92. The van der Waals surface area contributed by atoms with Gasteiger partial charge in [0.25, 0.3) is 15.9 Å². The maximum atomic E-state index is 14.4. The Bertz CT molecular complexity index is 2110. The third kappa shape index (κ3) is 6.60. The molecule has 1 fully saturated rings. The molecule has 1 amide bonds. The van der Waals surface area contributed by atoms with Crippen LogP contribution < -0.4 is 9.46 Å².